The van der Waals surface area contributed by atoms with Crippen molar-refractivity contribution in [3.8, 4) is 0 Å². The highest BCUT2D eigenvalue weighted by Crippen LogP contribution is 2.24. The summed E-state index contributed by atoms with van der Waals surface area (Å²) >= 11 is 0. The zero-order valence-electron chi connectivity index (χ0n) is 11.2. The molecule has 0 spiro atoms. The molecule has 3 unspecified atom stereocenters. The highest BCUT2D eigenvalue weighted by atomic mass is 16.3. The summed E-state index contributed by atoms with van der Waals surface area (Å²) in [5.41, 5.74) is 0. The molecule has 3 atom stereocenters. The first-order valence-electron chi connectivity index (χ1n) is 7.14. The molecule has 0 aromatic heterocycles. The van der Waals surface area contributed by atoms with Crippen LogP contribution in [0.1, 0.15) is 58.8 Å². The van der Waals surface area contributed by atoms with Crippen LogP contribution in [-0.2, 0) is 4.79 Å². The van der Waals surface area contributed by atoms with E-state index < -0.39 is 0 Å². The second-order valence-electron chi connectivity index (χ2n) is 5.25. The van der Waals surface area contributed by atoms with Crippen LogP contribution in [0.3, 0.4) is 0 Å². The minimum Gasteiger partial charge on any atom is -0.393 e. The Morgan fingerprint density at radius 1 is 1.41 bits per heavy atom. The molecular formula is C14H27NO2. The Kier molecular flexibility index (Phi) is 6.56. The van der Waals surface area contributed by atoms with Gasteiger partial charge in [0.25, 0.3) is 0 Å². The number of aliphatic hydroxyl groups excluding tert-OH is 1. The normalized spacial score (nSPS) is 25.8. The molecule has 1 saturated carbocycles. The maximum absolute atomic E-state index is 12.0. The third kappa shape index (κ3) is 4.66. The fourth-order valence-corrected chi connectivity index (χ4v) is 2.60. The van der Waals surface area contributed by atoms with Gasteiger partial charge in [-0.1, -0.05) is 33.1 Å². The molecular weight excluding hydrogens is 214 g/mol. The largest absolute Gasteiger partial charge is 0.393 e. The summed E-state index contributed by atoms with van der Waals surface area (Å²) in [5.74, 6) is 0.621. The lowest BCUT2D eigenvalue weighted by atomic mass is 9.98. The van der Waals surface area contributed by atoms with Gasteiger partial charge in [0.1, 0.15) is 0 Å². The SMILES string of the molecule is CCCCC(CC)C(=O)NCC1CCCC1O. The Morgan fingerprint density at radius 2 is 2.18 bits per heavy atom. The molecule has 1 amide bonds. The zero-order chi connectivity index (χ0) is 12.7. The van der Waals surface area contributed by atoms with Crippen LogP contribution in [0.4, 0.5) is 0 Å². The Balaban J connectivity index is 2.26. The lowest BCUT2D eigenvalue weighted by molar-refractivity contribution is -0.125. The molecule has 1 fully saturated rings. The minimum absolute atomic E-state index is 0.161. The Morgan fingerprint density at radius 3 is 2.71 bits per heavy atom. The zero-order valence-corrected chi connectivity index (χ0v) is 11.2. The molecule has 3 heteroatoms. The van der Waals surface area contributed by atoms with E-state index in [0.717, 1.165) is 44.9 Å². The van der Waals surface area contributed by atoms with E-state index in [2.05, 4.69) is 19.2 Å². The number of hydrogen-bond donors (Lipinski definition) is 2. The molecule has 100 valence electrons. The van der Waals surface area contributed by atoms with Gasteiger partial charge in [0, 0.05) is 18.4 Å². The summed E-state index contributed by atoms with van der Waals surface area (Å²) in [4.78, 5) is 12.0. The van der Waals surface area contributed by atoms with Gasteiger partial charge >= 0.3 is 0 Å². The lowest BCUT2D eigenvalue weighted by Crippen LogP contribution is -2.36. The van der Waals surface area contributed by atoms with E-state index in [1.807, 2.05) is 0 Å². The number of nitrogens with one attached hydrogen (secondary N) is 1. The van der Waals surface area contributed by atoms with Gasteiger partial charge < -0.3 is 10.4 Å². The van der Waals surface area contributed by atoms with Gasteiger partial charge in [-0.2, -0.15) is 0 Å². The predicted molar refractivity (Wildman–Crippen MR) is 69.7 cm³/mol. The molecule has 0 radical (unpaired) electrons. The minimum atomic E-state index is -0.203. The van der Waals surface area contributed by atoms with E-state index in [9.17, 15) is 9.90 Å². The van der Waals surface area contributed by atoms with Gasteiger partial charge in [-0.25, -0.2) is 0 Å². The topological polar surface area (TPSA) is 49.3 Å². The second kappa shape index (κ2) is 7.70. The van der Waals surface area contributed by atoms with E-state index in [4.69, 9.17) is 0 Å². The van der Waals surface area contributed by atoms with E-state index in [1.54, 1.807) is 0 Å². The highest BCUT2D eigenvalue weighted by molar-refractivity contribution is 5.78. The molecule has 0 aliphatic heterocycles. The summed E-state index contributed by atoms with van der Waals surface area (Å²) in [5, 5.41) is 12.7. The number of amides is 1. The number of carbonyl (C=O) groups is 1. The molecule has 3 nitrogen and oxygen atoms in total. The van der Waals surface area contributed by atoms with E-state index >= 15 is 0 Å². The van der Waals surface area contributed by atoms with Crippen LogP contribution in [0.2, 0.25) is 0 Å². The van der Waals surface area contributed by atoms with Crippen molar-refractivity contribution in [1.29, 1.82) is 0 Å². The van der Waals surface area contributed by atoms with Gasteiger partial charge in [0.05, 0.1) is 6.10 Å². The monoisotopic (exact) mass is 241 g/mol. The van der Waals surface area contributed by atoms with Gasteiger partial charge in [0.2, 0.25) is 5.91 Å². The highest BCUT2D eigenvalue weighted by Gasteiger charge is 2.26. The Labute approximate surface area is 105 Å². The fourth-order valence-electron chi connectivity index (χ4n) is 2.60. The predicted octanol–water partition coefficient (Wildman–Crippen LogP) is 2.48. The molecule has 0 heterocycles. The van der Waals surface area contributed by atoms with E-state index in [1.165, 1.54) is 0 Å². The third-order valence-electron chi connectivity index (χ3n) is 3.93. The van der Waals surface area contributed by atoms with Crippen molar-refractivity contribution in [1.82, 2.24) is 5.32 Å². The first-order chi connectivity index (χ1) is 8.19. The lowest BCUT2D eigenvalue weighted by Gasteiger charge is -2.18. The molecule has 0 saturated heterocycles. The quantitative estimate of drug-likeness (QED) is 0.719. The molecule has 0 aromatic rings. The smallest absolute Gasteiger partial charge is 0.223 e. The van der Waals surface area contributed by atoms with Crippen molar-refractivity contribution in [2.45, 2.75) is 64.9 Å². The van der Waals surface area contributed by atoms with Crippen LogP contribution in [0.5, 0.6) is 0 Å². The van der Waals surface area contributed by atoms with Crippen molar-refractivity contribution in [3.05, 3.63) is 0 Å². The van der Waals surface area contributed by atoms with E-state index in [0.29, 0.717) is 6.54 Å². The first-order valence-corrected chi connectivity index (χ1v) is 7.14. The summed E-state index contributed by atoms with van der Waals surface area (Å²) in [7, 11) is 0. The van der Waals surface area contributed by atoms with Crippen molar-refractivity contribution in [3.63, 3.8) is 0 Å². The maximum atomic E-state index is 12.0. The first kappa shape index (κ1) is 14.5. The number of unbranched alkanes of at least 4 members (excludes halogenated alkanes) is 1. The van der Waals surface area contributed by atoms with Crippen LogP contribution < -0.4 is 5.32 Å². The van der Waals surface area contributed by atoms with Gasteiger partial charge in [-0.15, -0.1) is 0 Å². The van der Waals surface area contributed by atoms with Gasteiger partial charge in [0.15, 0.2) is 0 Å². The van der Waals surface area contributed by atoms with Gasteiger partial charge in [-0.05, 0) is 25.7 Å². The summed E-state index contributed by atoms with van der Waals surface area (Å²) < 4.78 is 0. The number of aliphatic hydroxyl groups is 1. The van der Waals surface area contributed by atoms with Crippen molar-refractivity contribution in [2.75, 3.05) is 6.54 Å². The molecule has 0 bridgehead atoms. The molecule has 1 rings (SSSR count). The van der Waals surface area contributed by atoms with Crippen LogP contribution in [-0.4, -0.2) is 23.7 Å². The molecule has 17 heavy (non-hydrogen) atoms. The third-order valence-corrected chi connectivity index (χ3v) is 3.93. The van der Waals surface area contributed by atoms with E-state index in [-0.39, 0.29) is 23.8 Å². The summed E-state index contributed by atoms with van der Waals surface area (Å²) in [6.45, 7) is 4.88. The number of rotatable bonds is 7. The maximum Gasteiger partial charge on any atom is 0.223 e. The second-order valence-corrected chi connectivity index (χ2v) is 5.25. The summed E-state index contributed by atoms with van der Waals surface area (Å²) in [6, 6.07) is 0. The standard InChI is InChI=1S/C14H27NO2/c1-3-5-7-11(4-2)14(17)15-10-12-8-6-9-13(12)16/h11-13,16H,3-10H2,1-2H3,(H,15,17). The number of hydrogen-bond acceptors (Lipinski definition) is 2. The average Bonchev–Trinajstić information content (AvgIpc) is 2.73. The number of carbonyl (C=O) groups excluding carboxylic acids is 1. The molecule has 1 aliphatic carbocycles. The van der Waals surface area contributed by atoms with Crippen molar-refractivity contribution >= 4 is 5.91 Å². The fraction of sp³-hybridized carbons (Fsp3) is 0.929. The molecule has 2 N–H and O–H groups in total. The summed E-state index contributed by atoms with van der Waals surface area (Å²) in [6.07, 6.45) is 7.01. The van der Waals surface area contributed by atoms with Crippen LogP contribution in [0.15, 0.2) is 0 Å². The molecule has 0 aromatic carbocycles. The Hall–Kier alpha value is -0.570. The van der Waals surface area contributed by atoms with Crippen molar-refractivity contribution < 1.29 is 9.90 Å². The van der Waals surface area contributed by atoms with Crippen molar-refractivity contribution in [2.24, 2.45) is 11.8 Å². The molecule has 1 aliphatic rings. The van der Waals surface area contributed by atoms with Crippen LogP contribution in [0.25, 0.3) is 0 Å². The van der Waals surface area contributed by atoms with Crippen LogP contribution >= 0.6 is 0 Å². The van der Waals surface area contributed by atoms with Crippen LogP contribution in [0, 0.1) is 11.8 Å². The Bertz CT molecular complexity index is 230. The average molecular weight is 241 g/mol. The van der Waals surface area contributed by atoms with Gasteiger partial charge in [-0.3, -0.25) is 4.79 Å².